The Morgan fingerprint density at radius 3 is 0.964 bits per heavy atom. The minimum atomic E-state index is -1.64. The van der Waals surface area contributed by atoms with Crippen molar-refractivity contribution in [2.24, 2.45) is 0 Å². The number of nitrogens with zero attached hydrogens (tertiary/aromatic N) is 1. The monoisotopic (exact) mass is 1150 g/mol. The number of carbonyl (C=O) groups excluding carboxylic acids is 3. The first-order chi connectivity index (χ1) is 40.6. The molecule has 0 aromatic rings. The van der Waals surface area contributed by atoms with Crippen LogP contribution in [-0.2, 0) is 33.3 Å². The van der Waals surface area contributed by atoms with Crippen molar-refractivity contribution in [3.8, 4) is 0 Å². The van der Waals surface area contributed by atoms with Crippen LogP contribution in [0.4, 0.5) is 0 Å². The van der Waals surface area contributed by atoms with Crippen molar-refractivity contribution in [2.75, 3.05) is 47.5 Å². The van der Waals surface area contributed by atoms with Crippen molar-refractivity contribution in [3.63, 3.8) is 0 Å². The molecule has 0 aromatic carbocycles. The fourth-order valence-electron chi connectivity index (χ4n) is 8.08. The quantitative estimate of drug-likeness (QED) is 0.0195. The molecule has 0 radical (unpaired) electrons. The van der Waals surface area contributed by atoms with Gasteiger partial charge in [0.15, 0.2) is 12.4 Å². The maximum atomic E-state index is 12.9. The molecule has 0 N–H and O–H groups in total. The first-order valence-corrected chi connectivity index (χ1v) is 32.3. The van der Waals surface area contributed by atoms with Gasteiger partial charge in [0.25, 0.3) is 0 Å². The lowest BCUT2D eigenvalue weighted by Crippen LogP contribution is -2.44. The summed E-state index contributed by atoms with van der Waals surface area (Å²) in [6.07, 6.45) is 91.2. The lowest BCUT2D eigenvalue weighted by molar-refractivity contribution is -0.870. The molecule has 9 nitrogen and oxygen atoms in total. The maximum absolute atomic E-state index is 12.9. The lowest BCUT2D eigenvalue weighted by Gasteiger charge is -2.26. The number of unbranched alkanes of at least 4 members (excludes halogenated alkanes) is 14. The van der Waals surface area contributed by atoms with Crippen LogP contribution in [-0.4, -0.2) is 82.3 Å². The lowest BCUT2D eigenvalue weighted by atomic mass is 10.1. The Balaban J connectivity index is 4.30. The molecule has 0 heterocycles. The minimum Gasteiger partial charge on any atom is -0.545 e. The second-order valence-corrected chi connectivity index (χ2v) is 21.9. The Bertz CT molecular complexity index is 1960. The molecule has 2 unspecified atom stereocenters. The van der Waals surface area contributed by atoms with Gasteiger partial charge in [-0.2, -0.15) is 0 Å². The second-order valence-electron chi connectivity index (χ2n) is 21.9. The normalized spacial score (nSPS) is 13.9. The van der Waals surface area contributed by atoms with E-state index in [1.165, 1.54) is 38.5 Å². The van der Waals surface area contributed by atoms with Crippen molar-refractivity contribution in [2.45, 2.75) is 232 Å². The van der Waals surface area contributed by atoms with E-state index in [1.54, 1.807) is 0 Å². The van der Waals surface area contributed by atoms with Gasteiger partial charge in [-0.1, -0.05) is 248 Å². The molecule has 0 aliphatic carbocycles. The van der Waals surface area contributed by atoms with Crippen LogP contribution < -0.4 is 5.11 Å². The van der Waals surface area contributed by atoms with Gasteiger partial charge in [0, 0.05) is 12.8 Å². The van der Waals surface area contributed by atoms with E-state index in [4.69, 9.17) is 18.9 Å². The molecule has 2 atom stereocenters. The van der Waals surface area contributed by atoms with Gasteiger partial charge >= 0.3 is 11.9 Å². The Kier molecular flexibility index (Phi) is 58.6. The molecular formula is C74H117NO8. The molecule has 466 valence electrons. The smallest absolute Gasteiger partial charge is 0.306 e. The zero-order valence-corrected chi connectivity index (χ0v) is 53.0. The van der Waals surface area contributed by atoms with Gasteiger partial charge in [0.05, 0.1) is 40.3 Å². The summed E-state index contributed by atoms with van der Waals surface area (Å²) in [5.41, 5.74) is 0. The van der Waals surface area contributed by atoms with E-state index in [-0.39, 0.29) is 38.6 Å². The third-order valence-electron chi connectivity index (χ3n) is 13.0. The zero-order chi connectivity index (χ0) is 60.5. The third kappa shape index (κ3) is 64.1. The van der Waals surface area contributed by atoms with E-state index in [9.17, 15) is 19.5 Å². The van der Waals surface area contributed by atoms with Crippen LogP contribution in [0.1, 0.15) is 219 Å². The van der Waals surface area contributed by atoms with Crippen molar-refractivity contribution in [1.29, 1.82) is 0 Å². The fraction of sp³-hybridized carbons (Fsp3) is 0.581. The van der Waals surface area contributed by atoms with Crippen molar-refractivity contribution < 1.29 is 42.9 Å². The molecule has 0 amide bonds. The number of carbonyl (C=O) groups is 3. The van der Waals surface area contributed by atoms with Crippen LogP contribution in [0.5, 0.6) is 0 Å². The highest BCUT2D eigenvalue weighted by molar-refractivity contribution is 5.70. The van der Waals surface area contributed by atoms with E-state index >= 15 is 0 Å². The molecule has 0 aliphatic rings. The van der Waals surface area contributed by atoms with Crippen LogP contribution in [0.25, 0.3) is 0 Å². The summed E-state index contributed by atoms with van der Waals surface area (Å²) in [4.78, 5) is 37.4. The summed E-state index contributed by atoms with van der Waals surface area (Å²) in [6.45, 7) is 4.47. The average Bonchev–Trinajstić information content (AvgIpc) is 3.47. The minimum absolute atomic E-state index is 0.133. The first-order valence-electron chi connectivity index (χ1n) is 32.3. The Morgan fingerprint density at radius 1 is 0.361 bits per heavy atom. The molecule has 0 spiro atoms. The number of quaternary nitrogens is 1. The van der Waals surface area contributed by atoms with Crippen LogP contribution in [0, 0.1) is 0 Å². The second kappa shape index (κ2) is 62.7. The van der Waals surface area contributed by atoms with Crippen LogP contribution >= 0.6 is 0 Å². The molecule has 0 fully saturated rings. The highest BCUT2D eigenvalue weighted by atomic mass is 16.7. The van der Waals surface area contributed by atoms with E-state index in [0.29, 0.717) is 23.9 Å². The number of rotatable bonds is 57. The number of hydrogen-bond donors (Lipinski definition) is 0. The van der Waals surface area contributed by atoms with E-state index < -0.39 is 24.3 Å². The fourth-order valence-corrected chi connectivity index (χ4v) is 8.08. The van der Waals surface area contributed by atoms with E-state index in [2.05, 4.69) is 184 Å². The molecule has 0 bridgehead atoms. The molecule has 0 aliphatic heterocycles. The summed E-state index contributed by atoms with van der Waals surface area (Å²) >= 11 is 0. The summed E-state index contributed by atoms with van der Waals surface area (Å²) in [5, 5.41) is 11.8. The molecule has 9 heteroatoms. The van der Waals surface area contributed by atoms with Gasteiger partial charge in [-0.25, -0.2) is 0 Å². The van der Waals surface area contributed by atoms with Gasteiger partial charge in [-0.05, 0) is 128 Å². The molecule has 0 saturated heterocycles. The number of allylic oxidation sites excluding steroid dienone is 28. The van der Waals surface area contributed by atoms with Gasteiger partial charge in [0.2, 0.25) is 0 Å². The highest BCUT2D eigenvalue weighted by Gasteiger charge is 2.22. The number of ether oxygens (including phenoxy) is 4. The van der Waals surface area contributed by atoms with Crippen LogP contribution in [0.2, 0.25) is 0 Å². The van der Waals surface area contributed by atoms with E-state index in [1.807, 2.05) is 21.1 Å². The summed E-state index contributed by atoms with van der Waals surface area (Å²) in [7, 11) is 5.90. The maximum Gasteiger partial charge on any atom is 0.306 e. The number of esters is 2. The third-order valence-corrected chi connectivity index (χ3v) is 13.0. The predicted octanol–water partition coefficient (Wildman–Crippen LogP) is 18.6. The van der Waals surface area contributed by atoms with Gasteiger partial charge < -0.3 is 33.3 Å². The number of likely N-dealkylation sites (N-methyl/N-ethyl adjacent to an activating group) is 1. The largest absolute Gasteiger partial charge is 0.545 e. The van der Waals surface area contributed by atoms with Crippen molar-refractivity contribution >= 4 is 17.9 Å². The highest BCUT2D eigenvalue weighted by Crippen LogP contribution is 2.14. The Hall–Kier alpha value is -5.35. The molecule has 0 rings (SSSR count). The summed E-state index contributed by atoms with van der Waals surface area (Å²) in [5.74, 6) is -2.33. The molecular weight excluding hydrogens is 1030 g/mol. The zero-order valence-electron chi connectivity index (χ0n) is 53.0. The predicted molar refractivity (Wildman–Crippen MR) is 351 cm³/mol. The van der Waals surface area contributed by atoms with E-state index in [0.717, 1.165) is 141 Å². The topological polar surface area (TPSA) is 111 Å². The number of carboxylic acids is 1. The Labute approximate surface area is 507 Å². The first kappa shape index (κ1) is 77.7. The van der Waals surface area contributed by atoms with Crippen LogP contribution in [0.15, 0.2) is 170 Å². The number of carboxylic acid groups (broad SMARTS) is 1. The van der Waals surface area contributed by atoms with Gasteiger partial charge in [-0.3, -0.25) is 9.59 Å². The SMILES string of the molecule is CC/C=C\C/C=C\C/C=C\C/C=C\C/C=C\C/C=C\C/C=C\CCCCCCCCCC(=O)OCC(COC(OCC[N+](C)(C)C)C(=O)[O-])OC(=O)CCCCCCCCC/C=C\C/C=C\C/C=C\C/C=C\C/C=C\C/C=C\C/C=C\CC. The summed E-state index contributed by atoms with van der Waals surface area (Å²) < 4.78 is 22.7. The van der Waals surface area contributed by atoms with Gasteiger partial charge in [-0.15, -0.1) is 0 Å². The molecule has 0 saturated carbocycles. The molecule has 83 heavy (non-hydrogen) atoms. The van der Waals surface area contributed by atoms with Crippen molar-refractivity contribution in [3.05, 3.63) is 170 Å². The van der Waals surface area contributed by atoms with Crippen molar-refractivity contribution in [1.82, 2.24) is 0 Å². The Morgan fingerprint density at radius 2 is 0.651 bits per heavy atom. The van der Waals surface area contributed by atoms with Gasteiger partial charge in [0.1, 0.15) is 13.2 Å². The average molecular weight is 1150 g/mol. The molecule has 0 aromatic heterocycles. The number of aliphatic carboxylic acids is 1. The number of hydrogen-bond acceptors (Lipinski definition) is 8. The van der Waals surface area contributed by atoms with Crippen LogP contribution in [0.3, 0.4) is 0 Å². The summed E-state index contributed by atoms with van der Waals surface area (Å²) in [6, 6.07) is 0. The standard InChI is InChI=1S/C74H117NO8/c1-6-8-10-12-14-16-18-20-22-24-26-28-30-32-34-36-38-40-42-44-46-48-50-52-54-56-58-60-62-64-71(76)81-68-70(69-82-74(73(78)79)80-67-66-75(3,4)5)83-72(77)65-63-61-59-57-55-53-51-49-47-45-43-41-39-37-35-33-31-29-27-25-23-21-19-17-15-13-11-9-7-2/h8-11,14-17,20-23,26-29,32-35,38-41,44-47,70,74H,6-7,12-13,18-19,24-25,30-31,36-37,42-43,48-69H2,1-5H3/b10-8-,11-9-,16-14-,17-15-,22-20-,23-21-,28-26-,29-27-,34-32-,35-33-,40-38-,41-39-,46-44-,47-45-.